The van der Waals surface area contributed by atoms with Crippen LogP contribution in [-0.2, 0) is 6.54 Å². The van der Waals surface area contributed by atoms with Crippen molar-refractivity contribution < 1.29 is 0 Å². The van der Waals surface area contributed by atoms with Crippen molar-refractivity contribution in [1.29, 1.82) is 0 Å². The third-order valence-corrected chi connectivity index (χ3v) is 10.0. The van der Waals surface area contributed by atoms with Gasteiger partial charge in [-0.15, -0.1) is 0 Å². The Morgan fingerprint density at radius 1 is 0.731 bits per heavy atom. The average molecular weight is 360 g/mol. The zero-order chi connectivity index (χ0) is 18.4. The molecule has 0 heterocycles. The topological polar surface area (TPSA) is 3.24 Å². The molecule has 0 bridgehead atoms. The highest BCUT2D eigenvalue weighted by Gasteiger charge is 2.31. The van der Waals surface area contributed by atoms with Gasteiger partial charge in [0.2, 0.25) is 0 Å². The molecule has 0 aromatic heterocycles. The maximum atomic E-state index is 2.54. The second-order valence-electron chi connectivity index (χ2n) is 7.69. The Labute approximate surface area is 159 Å². The minimum absolute atomic E-state index is 0.647. The zero-order valence-corrected chi connectivity index (χ0v) is 17.1. The largest absolute Gasteiger partial charge is 0.367 e. The SMILES string of the molecule is CC(CN(Cc1ccccc1)c1ccccc1)[Si](C)(C)c1ccccc1. The van der Waals surface area contributed by atoms with Gasteiger partial charge in [-0.1, -0.05) is 104 Å². The molecule has 134 valence electrons. The molecular weight excluding hydrogens is 330 g/mol. The van der Waals surface area contributed by atoms with E-state index in [1.54, 1.807) is 5.19 Å². The number of rotatable bonds is 7. The molecule has 0 aliphatic heterocycles. The molecule has 0 aliphatic rings. The predicted octanol–water partition coefficient (Wildman–Crippen LogP) is 5.70. The monoisotopic (exact) mass is 359 g/mol. The van der Waals surface area contributed by atoms with Crippen molar-refractivity contribution in [2.24, 2.45) is 0 Å². The lowest BCUT2D eigenvalue weighted by Crippen LogP contribution is -2.48. The quantitative estimate of drug-likeness (QED) is 0.489. The minimum atomic E-state index is -1.54. The van der Waals surface area contributed by atoms with Gasteiger partial charge in [0.15, 0.2) is 0 Å². The third-order valence-electron chi connectivity index (χ3n) is 5.58. The van der Waals surface area contributed by atoms with Gasteiger partial charge in [-0.05, 0) is 23.2 Å². The molecule has 1 unspecified atom stereocenters. The first-order valence-electron chi connectivity index (χ1n) is 9.47. The highest BCUT2D eigenvalue weighted by Crippen LogP contribution is 2.26. The van der Waals surface area contributed by atoms with Crippen molar-refractivity contribution in [3.63, 3.8) is 0 Å². The Bertz CT molecular complexity index is 784. The summed E-state index contributed by atoms with van der Waals surface area (Å²) in [5.41, 5.74) is 3.32. The van der Waals surface area contributed by atoms with Crippen LogP contribution in [0.25, 0.3) is 0 Å². The van der Waals surface area contributed by atoms with E-state index in [0.717, 1.165) is 13.1 Å². The first kappa shape index (κ1) is 18.5. The number of hydrogen-bond acceptors (Lipinski definition) is 1. The molecule has 3 rings (SSSR count). The molecule has 0 spiro atoms. The molecule has 0 radical (unpaired) electrons. The van der Waals surface area contributed by atoms with Gasteiger partial charge in [-0.3, -0.25) is 0 Å². The van der Waals surface area contributed by atoms with Crippen molar-refractivity contribution in [1.82, 2.24) is 0 Å². The minimum Gasteiger partial charge on any atom is -0.367 e. The molecule has 26 heavy (non-hydrogen) atoms. The molecule has 0 amide bonds. The summed E-state index contributed by atoms with van der Waals surface area (Å²) < 4.78 is 0. The number of para-hydroxylation sites is 1. The van der Waals surface area contributed by atoms with Crippen LogP contribution in [0.5, 0.6) is 0 Å². The summed E-state index contributed by atoms with van der Waals surface area (Å²) in [6.45, 7) is 9.46. The van der Waals surface area contributed by atoms with Crippen LogP contribution in [0.3, 0.4) is 0 Å². The van der Waals surface area contributed by atoms with Gasteiger partial charge in [-0.25, -0.2) is 0 Å². The second-order valence-corrected chi connectivity index (χ2v) is 12.7. The summed E-state index contributed by atoms with van der Waals surface area (Å²) in [6.07, 6.45) is 0. The lowest BCUT2D eigenvalue weighted by molar-refractivity contribution is 0.752. The van der Waals surface area contributed by atoms with Gasteiger partial charge >= 0.3 is 0 Å². The zero-order valence-electron chi connectivity index (χ0n) is 16.1. The van der Waals surface area contributed by atoms with Crippen molar-refractivity contribution in [3.05, 3.63) is 96.6 Å². The van der Waals surface area contributed by atoms with Crippen LogP contribution < -0.4 is 10.1 Å². The Morgan fingerprint density at radius 3 is 1.81 bits per heavy atom. The standard InChI is InChI=1S/C24H29NSi/c1-21(26(2,3)24-17-11-6-12-18-24)19-25(23-15-9-5-10-16-23)20-22-13-7-4-8-14-22/h4-18,21H,19-20H2,1-3H3. The van der Waals surface area contributed by atoms with Crippen LogP contribution in [0.15, 0.2) is 91.0 Å². The Kier molecular flexibility index (Phi) is 5.95. The lowest BCUT2D eigenvalue weighted by atomic mass is 10.2. The van der Waals surface area contributed by atoms with E-state index in [0.29, 0.717) is 5.54 Å². The van der Waals surface area contributed by atoms with Crippen molar-refractivity contribution in [3.8, 4) is 0 Å². The highest BCUT2D eigenvalue weighted by atomic mass is 28.3. The number of anilines is 1. The van der Waals surface area contributed by atoms with Gasteiger partial charge in [-0.2, -0.15) is 0 Å². The maximum Gasteiger partial charge on any atom is 0.0851 e. The molecule has 1 atom stereocenters. The average Bonchev–Trinajstić information content (AvgIpc) is 2.69. The van der Waals surface area contributed by atoms with E-state index in [9.17, 15) is 0 Å². The van der Waals surface area contributed by atoms with E-state index < -0.39 is 8.07 Å². The summed E-state index contributed by atoms with van der Waals surface area (Å²) in [4.78, 5) is 2.54. The summed E-state index contributed by atoms with van der Waals surface area (Å²) in [7, 11) is -1.54. The normalized spacial score (nSPS) is 12.6. The fourth-order valence-electron chi connectivity index (χ4n) is 3.41. The molecule has 0 aliphatic carbocycles. The van der Waals surface area contributed by atoms with E-state index >= 15 is 0 Å². The van der Waals surface area contributed by atoms with Crippen LogP contribution in [-0.4, -0.2) is 14.6 Å². The molecule has 2 heteroatoms. The van der Waals surface area contributed by atoms with Crippen LogP contribution in [0.1, 0.15) is 12.5 Å². The summed E-state index contributed by atoms with van der Waals surface area (Å²) in [5.74, 6) is 0. The molecule has 0 N–H and O–H groups in total. The van der Waals surface area contributed by atoms with Gasteiger partial charge in [0.05, 0.1) is 8.07 Å². The fourth-order valence-corrected chi connectivity index (χ4v) is 5.71. The van der Waals surface area contributed by atoms with Gasteiger partial charge in [0.1, 0.15) is 0 Å². The van der Waals surface area contributed by atoms with Crippen molar-refractivity contribution >= 4 is 18.9 Å². The summed E-state index contributed by atoms with van der Waals surface area (Å²) in [5, 5.41) is 1.54. The Hall–Kier alpha value is -2.32. The Morgan fingerprint density at radius 2 is 1.23 bits per heavy atom. The predicted molar refractivity (Wildman–Crippen MR) is 117 cm³/mol. The number of benzene rings is 3. The molecule has 0 saturated carbocycles. The van der Waals surface area contributed by atoms with Gasteiger partial charge < -0.3 is 4.90 Å². The van der Waals surface area contributed by atoms with Gasteiger partial charge in [0.25, 0.3) is 0 Å². The van der Waals surface area contributed by atoms with E-state index in [4.69, 9.17) is 0 Å². The third kappa shape index (κ3) is 4.44. The van der Waals surface area contributed by atoms with Crippen LogP contribution in [0.2, 0.25) is 18.6 Å². The van der Waals surface area contributed by atoms with E-state index in [1.807, 2.05) is 0 Å². The van der Waals surface area contributed by atoms with Gasteiger partial charge in [0, 0.05) is 18.8 Å². The molecule has 0 fully saturated rings. The van der Waals surface area contributed by atoms with E-state index in [1.165, 1.54) is 11.3 Å². The van der Waals surface area contributed by atoms with Crippen LogP contribution in [0, 0.1) is 0 Å². The molecule has 3 aromatic rings. The molecule has 3 aromatic carbocycles. The summed E-state index contributed by atoms with van der Waals surface area (Å²) >= 11 is 0. The van der Waals surface area contributed by atoms with Crippen molar-refractivity contribution in [2.45, 2.75) is 32.1 Å². The number of hydrogen-bond donors (Lipinski definition) is 0. The van der Waals surface area contributed by atoms with Crippen LogP contribution in [0.4, 0.5) is 5.69 Å². The van der Waals surface area contributed by atoms with Crippen molar-refractivity contribution in [2.75, 3.05) is 11.4 Å². The fraction of sp³-hybridized carbons (Fsp3) is 0.250. The lowest BCUT2D eigenvalue weighted by Gasteiger charge is -2.36. The first-order valence-corrected chi connectivity index (χ1v) is 12.5. The second kappa shape index (κ2) is 8.37. The highest BCUT2D eigenvalue weighted by molar-refractivity contribution is 6.91. The molecule has 1 nitrogen and oxygen atoms in total. The van der Waals surface area contributed by atoms with E-state index in [2.05, 4.69) is 116 Å². The molecule has 0 saturated heterocycles. The molecular formula is C24H29NSi. The first-order chi connectivity index (χ1) is 12.6. The summed E-state index contributed by atoms with van der Waals surface area (Å²) in [6, 6.07) is 32.7. The van der Waals surface area contributed by atoms with Crippen LogP contribution >= 0.6 is 0 Å². The Balaban J connectivity index is 1.83. The van der Waals surface area contributed by atoms with E-state index in [-0.39, 0.29) is 0 Å². The number of nitrogens with zero attached hydrogens (tertiary/aromatic N) is 1. The maximum absolute atomic E-state index is 2.54. The smallest absolute Gasteiger partial charge is 0.0851 e.